The fourth-order valence-electron chi connectivity index (χ4n) is 3.28. The molecule has 0 amide bonds. The lowest BCUT2D eigenvalue weighted by molar-refractivity contribution is 0.457. The standard InChI is InChI=1S/C13H33Si3/c1-13(2,11-15(4,5)6)10-14(3)12-16(7,8)9/h10-12H2,1-9H3. The smallest absolute Gasteiger partial charge is 0.0447 e. The molecule has 0 aliphatic carbocycles. The van der Waals surface area contributed by atoms with Crippen LogP contribution in [-0.2, 0) is 0 Å². The van der Waals surface area contributed by atoms with E-state index in [0.29, 0.717) is 5.41 Å². The second kappa shape index (κ2) is 5.53. The summed E-state index contributed by atoms with van der Waals surface area (Å²) >= 11 is 0. The van der Waals surface area contributed by atoms with E-state index in [1.54, 1.807) is 5.67 Å². The second-order valence-corrected chi connectivity index (χ2v) is 23.1. The molecule has 3 heteroatoms. The second-order valence-electron chi connectivity index (χ2n) is 8.77. The molecule has 16 heavy (non-hydrogen) atoms. The Bertz CT molecular complexity index is 208. The lowest BCUT2D eigenvalue weighted by atomic mass is 10.00. The summed E-state index contributed by atoms with van der Waals surface area (Å²) in [5.74, 6) is 0. The van der Waals surface area contributed by atoms with E-state index in [4.69, 9.17) is 0 Å². The van der Waals surface area contributed by atoms with E-state index >= 15 is 0 Å². The SMILES string of the molecule is C[Si](CC(C)(C)C[Si](C)(C)C)C[Si](C)(C)C. The molecule has 97 valence electrons. The number of hydrogen-bond donors (Lipinski definition) is 0. The highest BCUT2D eigenvalue weighted by atomic mass is 28.4. The van der Waals surface area contributed by atoms with Crippen molar-refractivity contribution in [3.63, 3.8) is 0 Å². The first-order chi connectivity index (χ1) is 6.81. The van der Waals surface area contributed by atoms with Gasteiger partial charge in [-0.3, -0.25) is 0 Å². The fraction of sp³-hybridized carbons (Fsp3) is 1.00. The molecule has 0 aromatic carbocycles. The van der Waals surface area contributed by atoms with Crippen molar-refractivity contribution in [2.24, 2.45) is 5.41 Å². The molecule has 0 saturated carbocycles. The minimum Gasteiger partial charge on any atom is -0.0713 e. The summed E-state index contributed by atoms with van der Waals surface area (Å²) in [5.41, 5.74) is 2.19. The van der Waals surface area contributed by atoms with Gasteiger partial charge in [0.2, 0.25) is 0 Å². The molecule has 0 aromatic rings. The van der Waals surface area contributed by atoms with E-state index < -0.39 is 16.1 Å². The molecule has 0 aliphatic rings. The summed E-state index contributed by atoms with van der Waals surface area (Å²) < 4.78 is 0. The topological polar surface area (TPSA) is 0 Å². The van der Waals surface area contributed by atoms with Gasteiger partial charge in [0.15, 0.2) is 0 Å². The molecule has 0 rings (SSSR count). The predicted octanol–water partition coefficient (Wildman–Crippen LogP) is 5.35. The van der Waals surface area contributed by atoms with Crippen molar-refractivity contribution in [1.82, 2.24) is 0 Å². The maximum Gasteiger partial charge on any atom is 0.0447 e. The molecule has 0 N–H and O–H groups in total. The van der Waals surface area contributed by atoms with Gasteiger partial charge in [0.25, 0.3) is 0 Å². The molecule has 0 aromatic heterocycles. The van der Waals surface area contributed by atoms with Crippen LogP contribution >= 0.6 is 0 Å². The average Bonchev–Trinajstić information content (AvgIpc) is 1.70. The van der Waals surface area contributed by atoms with Crippen LogP contribution < -0.4 is 0 Å². The van der Waals surface area contributed by atoms with Gasteiger partial charge in [0, 0.05) is 24.9 Å². The molecule has 0 spiro atoms. The number of hydrogen-bond acceptors (Lipinski definition) is 0. The molecule has 0 nitrogen and oxygen atoms in total. The van der Waals surface area contributed by atoms with Crippen molar-refractivity contribution in [2.45, 2.75) is 77.4 Å². The van der Waals surface area contributed by atoms with Gasteiger partial charge in [-0.05, 0) is 5.41 Å². The van der Waals surface area contributed by atoms with Crippen molar-refractivity contribution in [3.8, 4) is 0 Å². The zero-order valence-electron chi connectivity index (χ0n) is 13.1. The third-order valence-electron chi connectivity index (χ3n) is 2.62. The van der Waals surface area contributed by atoms with Gasteiger partial charge in [0.05, 0.1) is 0 Å². The third kappa shape index (κ3) is 9.85. The highest BCUT2D eigenvalue weighted by molar-refractivity contribution is 6.87. The summed E-state index contributed by atoms with van der Waals surface area (Å²) in [7, 11) is -1.80. The lowest BCUT2D eigenvalue weighted by Crippen LogP contribution is -2.34. The first-order valence-corrected chi connectivity index (χ1v) is 16.4. The van der Waals surface area contributed by atoms with Gasteiger partial charge in [-0.15, -0.1) is 0 Å². The van der Waals surface area contributed by atoms with Crippen LogP contribution in [-0.4, -0.2) is 24.9 Å². The van der Waals surface area contributed by atoms with Crippen LogP contribution in [0.25, 0.3) is 0 Å². The van der Waals surface area contributed by atoms with E-state index in [9.17, 15) is 0 Å². The van der Waals surface area contributed by atoms with Crippen LogP contribution in [0.2, 0.25) is 63.6 Å². The molecular formula is C13H33Si3. The highest BCUT2D eigenvalue weighted by Gasteiger charge is 2.30. The zero-order chi connectivity index (χ0) is 13.2. The normalized spacial score (nSPS) is 14.6. The molecule has 0 atom stereocenters. The Morgan fingerprint density at radius 2 is 1.31 bits per heavy atom. The molecule has 0 bridgehead atoms. The van der Waals surface area contributed by atoms with Gasteiger partial charge in [-0.1, -0.05) is 77.4 Å². The summed E-state index contributed by atoms with van der Waals surface area (Å²) in [4.78, 5) is 0. The van der Waals surface area contributed by atoms with Crippen LogP contribution in [0, 0.1) is 5.41 Å². The van der Waals surface area contributed by atoms with Gasteiger partial charge < -0.3 is 0 Å². The lowest BCUT2D eigenvalue weighted by Gasteiger charge is -2.34. The maximum absolute atomic E-state index is 2.56. The first-order valence-electron chi connectivity index (χ1n) is 6.62. The van der Waals surface area contributed by atoms with E-state index in [1.807, 2.05) is 0 Å². The van der Waals surface area contributed by atoms with Crippen LogP contribution in [0.4, 0.5) is 0 Å². The third-order valence-corrected chi connectivity index (χ3v) is 12.9. The summed E-state index contributed by atoms with van der Waals surface area (Å²) in [6, 6.07) is 3.01. The molecular weight excluding hydrogens is 240 g/mol. The number of rotatable bonds is 6. The van der Waals surface area contributed by atoms with Crippen LogP contribution in [0.1, 0.15) is 13.8 Å². The Morgan fingerprint density at radius 3 is 1.62 bits per heavy atom. The maximum atomic E-state index is 2.56. The van der Waals surface area contributed by atoms with Gasteiger partial charge in [-0.25, -0.2) is 0 Å². The summed E-state index contributed by atoms with van der Waals surface area (Å²) in [6.07, 6.45) is 0. The fourth-order valence-corrected chi connectivity index (χ4v) is 16.0. The molecule has 1 radical (unpaired) electrons. The van der Waals surface area contributed by atoms with Crippen LogP contribution in [0.5, 0.6) is 0 Å². The van der Waals surface area contributed by atoms with E-state index in [0.717, 1.165) is 0 Å². The Morgan fingerprint density at radius 1 is 0.875 bits per heavy atom. The van der Waals surface area contributed by atoms with E-state index in [1.165, 1.54) is 12.1 Å². The van der Waals surface area contributed by atoms with Crippen LogP contribution in [0.15, 0.2) is 0 Å². The minimum atomic E-state index is -0.890. The average molecular weight is 274 g/mol. The Balaban J connectivity index is 4.26. The predicted molar refractivity (Wildman–Crippen MR) is 86.5 cm³/mol. The van der Waals surface area contributed by atoms with Crippen molar-refractivity contribution < 1.29 is 0 Å². The van der Waals surface area contributed by atoms with Gasteiger partial charge in [-0.2, -0.15) is 0 Å². The zero-order valence-corrected chi connectivity index (χ0v) is 16.1. The Labute approximate surface area is 108 Å². The Hall–Kier alpha value is 0.651. The summed E-state index contributed by atoms with van der Waals surface area (Å²) in [6.45, 7) is 22.7. The van der Waals surface area contributed by atoms with Gasteiger partial charge >= 0.3 is 0 Å². The van der Waals surface area contributed by atoms with Crippen molar-refractivity contribution in [1.29, 1.82) is 0 Å². The molecule has 0 saturated heterocycles. The molecule has 0 heterocycles. The minimum absolute atomic E-state index is 0.0917. The highest BCUT2D eigenvalue weighted by Crippen LogP contribution is 2.34. The molecule has 0 fully saturated rings. The Kier molecular flexibility index (Phi) is 5.75. The van der Waals surface area contributed by atoms with Crippen molar-refractivity contribution >= 4 is 24.9 Å². The monoisotopic (exact) mass is 273 g/mol. The van der Waals surface area contributed by atoms with Gasteiger partial charge in [0.1, 0.15) is 0 Å². The van der Waals surface area contributed by atoms with E-state index in [2.05, 4.69) is 59.7 Å². The molecule has 0 aliphatic heterocycles. The quantitative estimate of drug-likeness (QED) is 0.572. The largest absolute Gasteiger partial charge is 0.0713 e. The van der Waals surface area contributed by atoms with Crippen LogP contribution in [0.3, 0.4) is 0 Å². The first kappa shape index (κ1) is 16.7. The van der Waals surface area contributed by atoms with E-state index in [-0.39, 0.29) is 8.80 Å². The van der Waals surface area contributed by atoms with Crippen molar-refractivity contribution in [3.05, 3.63) is 0 Å². The summed E-state index contributed by atoms with van der Waals surface area (Å²) in [5, 5.41) is 0. The van der Waals surface area contributed by atoms with Crippen molar-refractivity contribution in [2.75, 3.05) is 0 Å². The molecule has 0 unspecified atom stereocenters.